The van der Waals surface area contributed by atoms with Crippen LogP contribution < -0.4 is 5.32 Å². The average Bonchev–Trinajstić information content (AvgIpc) is 2.59. The Morgan fingerprint density at radius 3 is 2.82 bits per heavy atom. The van der Waals surface area contributed by atoms with Crippen LogP contribution in [0.1, 0.15) is 36.2 Å². The van der Waals surface area contributed by atoms with Crippen LogP contribution in [0.5, 0.6) is 0 Å². The molecular weight excluding hydrogens is 212 g/mol. The number of aromatic nitrogens is 1. The minimum absolute atomic E-state index is 0.425. The van der Waals surface area contributed by atoms with E-state index in [0.717, 1.165) is 19.7 Å². The molecule has 1 N–H and O–H groups in total. The van der Waals surface area contributed by atoms with E-state index in [1.165, 1.54) is 36.2 Å². The molecule has 96 valence electrons. The number of rotatable bonds is 4. The summed E-state index contributed by atoms with van der Waals surface area (Å²) in [5.74, 6) is 0. The van der Waals surface area contributed by atoms with Gasteiger partial charge in [-0.1, -0.05) is 0 Å². The van der Waals surface area contributed by atoms with Crippen molar-refractivity contribution in [2.75, 3.05) is 13.2 Å². The van der Waals surface area contributed by atoms with Crippen molar-refractivity contribution in [1.82, 2.24) is 9.88 Å². The molecule has 0 amide bonds. The number of hydrogen-bond donors (Lipinski definition) is 1. The summed E-state index contributed by atoms with van der Waals surface area (Å²) < 4.78 is 7.95. The molecule has 1 unspecified atom stereocenters. The Morgan fingerprint density at radius 2 is 2.24 bits per heavy atom. The van der Waals surface area contributed by atoms with Crippen LogP contribution in [0.25, 0.3) is 0 Å². The van der Waals surface area contributed by atoms with Crippen molar-refractivity contribution >= 4 is 0 Å². The van der Waals surface area contributed by atoms with E-state index in [2.05, 4.69) is 36.8 Å². The van der Waals surface area contributed by atoms with E-state index in [0.29, 0.717) is 6.10 Å². The van der Waals surface area contributed by atoms with Crippen LogP contribution in [0.3, 0.4) is 0 Å². The van der Waals surface area contributed by atoms with Gasteiger partial charge in [0, 0.05) is 38.1 Å². The zero-order valence-electron chi connectivity index (χ0n) is 11.3. The summed E-state index contributed by atoms with van der Waals surface area (Å²) in [6, 6.07) is 2.27. The fourth-order valence-corrected chi connectivity index (χ4v) is 2.45. The van der Waals surface area contributed by atoms with Gasteiger partial charge in [0.05, 0.1) is 6.10 Å². The first kappa shape index (κ1) is 12.7. The van der Waals surface area contributed by atoms with Crippen molar-refractivity contribution in [3.8, 4) is 0 Å². The van der Waals surface area contributed by atoms with E-state index in [4.69, 9.17) is 4.74 Å². The summed E-state index contributed by atoms with van der Waals surface area (Å²) in [6.07, 6.45) is 4.18. The van der Waals surface area contributed by atoms with E-state index >= 15 is 0 Å². The quantitative estimate of drug-likeness (QED) is 0.868. The molecule has 1 atom stereocenters. The van der Waals surface area contributed by atoms with Gasteiger partial charge in [0.1, 0.15) is 0 Å². The van der Waals surface area contributed by atoms with Gasteiger partial charge in [0.15, 0.2) is 0 Å². The second-order valence-electron chi connectivity index (χ2n) is 5.07. The maximum Gasteiger partial charge on any atom is 0.0699 e. The first-order valence-corrected chi connectivity index (χ1v) is 6.62. The highest BCUT2D eigenvalue weighted by atomic mass is 16.5. The number of ether oxygens (including phenoxy) is 1. The number of nitrogens with zero attached hydrogens (tertiary/aromatic N) is 1. The molecular formula is C14H24N2O. The second kappa shape index (κ2) is 5.69. The predicted molar refractivity (Wildman–Crippen MR) is 70.2 cm³/mol. The van der Waals surface area contributed by atoms with Crippen LogP contribution in [0.2, 0.25) is 0 Å². The zero-order chi connectivity index (χ0) is 12.3. The number of aryl methyl sites for hydroxylation is 1. The second-order valence-corrected chi connectivity index (χ2v) is 5.07. The zero-order valence-corrected chi connectivity index (χ0v) is 11.3. The smallest absolute Gasteiger partial charge is 0.0699 e. The summed E-state index contributed by atoms with van der Waals surface area (Å²) in [5, 5.41) is 3.51. The van der Waals surface area contributed by atoms with Crippen LogP contribution in [0.4, 0.5) is 0 Å². The van der Waals surface area contributed by atoms with Gasteiger partial charge < -0.3 is 14.6 Å². The molecule has 1 saturated heterocycles. The highest BCUT2D eigenvalue weighted by molar-refractivity contribution is 5.26. The molecule has 1 fully saturated rings. The Labute approximate surface area is 104 Å². The van der Waals surface area contributed by atoms with E-state index in [-0.39, 0.29) is 0 Å². The molecule has 1 aliphatic rings. The van der Waals surface area contributed by atoms with Crippen LogP contribution in [-0.4, -0.2) is 23.8 Å². The van der Waals surface area contributed by atoms with Crippen molar-refractivity contribution in [2.45, 2.75) is 45.8 Å². The van der Waals surface area contributed by atoms with Crippen LogP contribution in [-0.2, 0) is 18.3 Å². The minimum Gasteiger partial charge on any atom is -0.377 e. The minimum atomic E-state index is 0.425. The van der Waals surface area contributed by atoms with Crippen LogP contribution >= 0.6 is 0 Å². The van der Waals surface area contributed by atoms with Crippen molar-refractivity contribution in [3.05, 3.63) is 23.0 Å². The molecule has 0 aromatic carbocycles. The van der Waals surface area contributed by atoms with E-state index in [9.17, 15) is 0 Å². The third-order valence-corrected chi connectivity index (χ3v) is 3.84. The molecule has 1 aromatic rings. The van der Waals surface area contributed by atoms with Gasteiger partial charge in [-0.15, -0.1) is 0 Å². The van der Waals surface area contributed by atoms with Gasteiger partial charge in [0.25, 0.3) is 0 Å². The lowest BCUT2D eigenvalue weighted by Gasteiger charge is -2.22. The molecule has 0 spiro atoms. The lowest BCUT2D eigenvalue weighted by atomic mass is 10.1. The van der Waals surface area contributed by atoms with Gasteiger partial charge >= 0.3 is 0 Å². The molecule has 17 heavy (non-hydrogen) atoms. The Bertz CT molecular complexity index is 365. The molecule has 0 saturated carbocycles. The van der Waals surface area contributed by atoms with Crippen molar-refractivity contribution in [2.24, 2.45) is 7.05 Å². The average molecular weight is 236 g/mol. The van der Waals surface area contributed by atoms with Crippen molar-refractivity contribution < 1.29 is 4.74 Å². The molecule has 1 aliphatic heterocycles. The molecule has 0 aliphatic carbocycles. The largest absolute Gasteiger partial charge is 0.377 e. The summed E-state index contributed by atoms with van der Waals surface area (Å²) in [5.41, 5.74) is 4.09. The lowest BCUT2D eigenvalue weighted by molar-refractivity contribution is 0.0168. The maximum atomic E-state index is 5.71. The van der Waals surface area contributed by atoms with Gasteiger partial charge in [-0.2, -0.15) is 0 Å². The third-order valence-electron chi connectivity index (χ3n) is 3.84. The summed E-state index contributed by atoms with van der Waals surface area (Å²) >= 11 is 0. The van der Waals surface area contributed by atoms with Gasteiger partial charge in [-0.25, -0.2) is 0 Å². The van der Waals surface area contributed by atoms with E-state index < -0.39 is 0 Å². The fourth-order valence-electron chi connectivity index (χ4n) is 2.45. The van der Waals surface area contributed by atoms with Crippen molar-refractivity contribution in [1.29, 1.82) is 0 Å². The van der Waals surface area contributed by atoms with E-state index in [1.54, 1.807) is 0 Å². The topological polar surface area (TPSA) is 26.2 Å². The van der Waals surface area contributed by atoms with E-state index in [1.807, 2.05) is 0 Å². The number of hydrogen-bond acceptors (Lipinski definition) is 2. The highest BCUT2D eigenvalue weighted by Crippen LogP contribution is 2.14. The third kappa shape index (κ3) is 3.11. The standard InChI is InChI=1S/C14H24N2O/c1-11-8-13(12(2)16(11)3)9-15-10-14-6-4-5-7-17-14/h8,14-15H,4-7,9-10H2,1-3H3. The highest BCUT2D eigenvalue weighted by Gasteiger charge is 2.13. The lowest BCUT2D eigenvalue weighted by Crippen LogP contribution is -2.31. The van der Waals surface area contributed by atoms with Gasteiger partial charge in [0.2, 0.25) is 0 Å². The Hall–Kier alpha value is -0.800. The van der Waals surface area contributed by atoms with Crippen molar-refractivity contribution in [3.63, 3.8) is 0 Å². The summed E-state index contributed by atoms with van der Waals surface area (Å²) in [7, 11) is 2.12. The molecule has 0 bridgehead atoms. The SMILES string of the molecule is Cc1cc(CNCC2CCCCO2)c(C)n1C. The first-order valence-electron chi connectivity index (χ1n) is 6.62. The molecule has 2 rings (SSSR count). The van der Waals surface area contributed by atoms with Gasteiger partial charge in [-0.3, -0.25) is 0 Å². The first-order chi connectivity index (χ1) is 8.18. The summed E-state index contributed by atoms with van der Waals surface area (Å²) in [6.45, 7) is 7.21. The van der Waals surface area contributed by atoms with Crippen LogP contribution in [0.15, 0.2) is 6.07 Å². The monoisotopic (exact) mass is 236 g/mol. The molecule has 1 aromatic heterocycles. The fraction of sp³-hybridized carbons (Fsp3) is 0.714. The van der Waals surface area contributed by atoms with Crippen LogP contribution in [0, 0.1) is 13.8 Å². The Balaban J connectivity index is 1.79. The summed E-state index contributed by atoms with van der Waals surface area (Å²) in [4.78, 5) is 0. The Kier molecular flexibility index (Phi) is 4.24. The Morgan fingerprint density at radius 1 is 1.41 bits per heavy atom. The molecule has 2 heterocycles. The molecule has 3 nitrogen and oxygen atoms in total. The normalized spacial score (nSPS) is 20.8. The van der Waals surface area contributed by atoms with Gasteiger partial charge in [-0.05, 0) is 44.7 Å². The number of nitrogens with one attached hydrogen (secondary N) is 1. The maximum absolute atomic E-state index is 5.71. The molecule has 3 heteroatoms. The molecule has 0 radical (unpaired) electrons. The predicted octanol–water partition coefficient (Wildman–Crippen LogP) is 2.30.